The smallest absolute Gasteiger partial charge is 0.387 e. The Hall–Kier alpha value is -3.68. The summed E-state index contributed by atoms with van der Waals surface area (Å²) in [4.78, 5) is 16.4. The Kier molecular flexibility index (Phi) is 4.99. The first-order chi connectivity index (χ1) is 14.0. The second-order valence-electron chi connectivity index (χ2n) is 6.15. The van der Waals surface area contributed by atoms with Crippen molar-refractivity contribution in [3.8, 4) is 17.2 Å². The van der Waals surface area contributed by atoms with Crippen LogP contribution in [-0.4, -0.2) is 32.2 Å². The van der Waals surface area contributed by atoms with Crippen molar-refractivity contribution in [1.82, 2.24) is 0 Å². The molecule has 0 saturated heterocycles. The molecule has 0 spiro atoms. The largest absolute Gasteiger partial charge is 0.497 e. The number of halogens is 2. The topological polar surface area (TPSA) is 66.3 Å². The van der Waals surface area contributed by atoms with Gasteiger partial charge in [0.15, 0.2) is 5.70 Å². The number of benzene rings is 2. The van der Waals surface area contributed by atoms with E-state index in [1.54, 1.807) is 25.3 Å². The standard InChI is InChI=1S/C21H15F2NO5/c1-26-15-6-5-13-7-12(11-27-18(13)10-15)8-17-20(25)29-19(24-17)14-3-2-4-16(9-14)28-21(22)23/h2-10,21H,11H2,1H3/b17-8-. The third-order valence-corrected chi connectivity index (χ3v) is 4.20. The van der Waals surface area contributed by atoms with E-state index < -0.39 is 12.6 Å². The van der Waals surface area contributed by atoms with Crippen molar-refractivity contribution in [2.75, 3.05) is 13.7 Å². The van der Waals surface area contributed by atoms with Crippen molar-refractivity contribution >= 4 is 17.9 Å². The third kappa shape index (κ3) is 4.11. The summed E-state index contributed by atoms with van der Waals surface area (Å²) in [5.41, 5.74) is 2.02. The van der Waals surface area contributed by atoms with Gasteiger partial charge in [0.25, 0.3) is 0 Å². The number of hydrogen-bond acceptors (Lipinski definition) is 6. The predicted molar refractivity (Wildman–Crippen MR) is 100 cm³/mol. The molecule has 8 heteroatoms. The van der Waals surface area contributed by atoms with Gasteiger partial charge < -0.3 is 18.9 Å². The van der Waals surface area contributed by atoms with Crippen LogP contribution in [0.5, 0.6) is 17.2 Å². The van der Waals surface area contributed by atoms with Crippen LogP contribution in [0.4, 0.5) is 8.78 Å². The second-order valence-corrected chi connectivity index (χ2v) is 6.15. The summed E-state index contributed by atoms with van der Waals surface area (Å²) in [5.74, 6) is 0.695. The normalized spacial score (nSPS) is 16.7. The van der Waals surface area contributed by atoms with E-state index in [2.05, 4.69) is 9.73 Å². The molecule has 148 valence electrons. The van der Waals surface area contributed by atoms with Crippen molar-refractivity contribution in [3.63, 3.8) is 0 Å². The molecule has 0 atom stereocenters. The minimum atomic E-state index is -2.95. The Bertz CT molecular complexity index is 1060. The number of nitrogens with zero attached hydrogens (tertiary/aromatic N) is 1. The summed E-state index contributed by atoms with van der Waals surface area (Å²) in [6, 6.07) is 11.2. The molecule has 2 aliphatic rings. The first-order valence-corrected chi connectivity index (χ1v) is 8.61. The van der Waals surface area contributed by atoms with E-state index in [4.69, 9.17) is 14.2 Å². The van der Waals surface area contributed by atoms with E-state index in [1.165, 1.54) is 18.2 Å². The quantitative estimate of drug-likeness (QED) is 0.563. The number of rotatable bonds is 5. The Morgan fingerprint density at radius 3 is 2.83 bits per heavy atom. The number of methoxy groups -OCH3 is 1. The molecule has 6 nitrogen and oxygen atoms in total. The van der Waals surface area contributed by atoms with Crippen LogP contribution in [0, 0.1) is 0 Å². The van der Waals surface area contributed by atoms with Crippen LogP contribution in [0.3, 0.4) is 0 Å². The van der Waals surface area contributed by atoms with Gasteiger partial charge in [0.2, 0.25) is 5.90 Å². The van der Waals surface area contributed by atoms with E-state index in [1.807, 2.05) is 18.2 Å². The van der Waals surface area contributed by atoms with Crippen molar-refractivity contribution in [2.45, 2.75) is 6.61 Å². The molecule has 2 heterocycles. The predicted octanol–water partition coefficient (Wildman–Crippen LogP) is 3.96. The van der Waals surface area contributed by atoms with Crippen LogP contribution in [-0.2, 0) is 9.53 Å². The Labute approximate surface area is 164 Å². The summed E-state index contributed by atoms with van der Waals surface area (Å²) in [6.07, 6.45) is 3.45. The number of cyclic esters (lactones) is 1. The highest BCUT2D eigenvalue weighted by Gasteiger charge is 2.25. The lowest BCUT2D eigenvalue weighted by Crippen LogP contribution is -2.08. The van der Waals surface area contributed by atoms with Gasteiger partial charge in [-0.05, 0) is 48.1 Å². The maximum atomic E-state index is 12.4. The SMILES string of the molecule is COc1ccc2c(c1)OCC(/C=C1\N=C(c3cccc(OC(F)F)c3)OC1=O)=C2. The molecule has 0 aliphatic carbocycles. The van der Waals surface area contributed by atoms with Crippen LogP contribution >= 0.6 is 0 Å². The Morgan fingerprint density at radius 2 is 2.03 bits per heavy atom. The highest BCUT2D eigenvalue weighted by atomic mass is 19.3. The average Bonchev–Trinajstić information content (AvgIpc) is 3.07. The lowest BCUT2D eigenvalue weighted by Gasteiger charge is -2.16. The van der Waals surface area contributed by atoms with E-state index in [9.17, 15) is 13.6 Å². The lowest BCUT2D eigenvalue weighted by molar-refractivity contribution is -0.130. The molecule has 0 saturated carbocycles. The first kappa shape index (κ1) is 18.7. The zero-order valence-corrected chi connectivity index (χ0v) is 15.2. The molecule has 0 N–H and O–H groups in total. The third-order valence-electron chi connectivity index (χ3n) is 4.20. The number of carbonyl (C=O) groups is 1. The van der Waals surface area contributed by atoms with Gasteiger partial charge in [-0.2, -0.15) is 8.78 Å². The van der Waals surface area contributed by atoms with Crippen molar-refractivity contribution in [3.05, 3.63) is 70.9 Å². The number of aliphatic imine (C=N–C) groups is 1. The molecule has 0 amide bonds. The Balaban J connectivity index is 1.59. The van der Waals surface area contributed by atoms with Gasteiger partial charge >= 0.3 is 12.6 Å². The van der Waals surface area contributed by atoms with Crippen LogP contribution in [0.15, 0.2) is 64.8 Å². The van der Waals surface area contributed by atoms with Gasteiger partial charge in [-0.3, -0.25) is 0 Å². The van der Waals surface area contributed by atoms with Crippen LogP contribution in [0.25, 0.3) is 6.08 Å². The molecule has 2 aromatic carbocycles. The first-order valence-electron chi connectivity index (χ1n) is 8.61. The molecule has 0 fully saturated rings. The zero-order valence-electron chi connectivity index (χ0n) is 15.2. The van der Waals surface area contributed by atoms with Gasteiger partial charge in [-0.1, -0.05) is 6.07 Å². The van der Waals surface area contributed by atoms with E-state index in [0.29, 0.717) is 17.1 Å². The maximum Gasteiger partial charge on any atom is 0.387 e. The molecule has 4 rings (SSSR count). The summed E-state index contributed by atoms with van der Waals surface area (Å²) >= 11 is 0. The summed E-state index contributed by atoms with van der Waals surface area (Å²) in [6.45, 7) is -2.70. The highest BCUT2D eigenvalue weighted by molar-refractivity contribution is 6.11. The molecule has 2 aliphatic heterocycles. The Morgan fingerprint density at radius 1 is 1.17 bits per heavy atom. The lowest BCUT2D eigenvalue weighted by atomic mass is 10.1. The van der Waals surface area contributed by atoms with Crippen molar-refractivity contribution in [1.29, 1.82) is 0 Å². The summed E-state index contributed by atoms with van der Waals surface area (Å²) in [5, 5.41) is 0. The molecule has 0 aromatic heterocycles. The van der Waals surface area contributed by atoms with Gasteiger partial charge in [0, 0.05) is 17.2 Å². The molecule has 29 heavy (non-hydrogen) atoms. The number of ether oxygens (including phenoxy) is 4. The molecular formula is C21H15F2NO5. The highest BCUT2D eigenvalue weighted by Crippen LogP contribution is 2.31. The second kappa shape index (κ2) is 7.75. The molecule has 2 aromatic rings. The van der Waals surface area contributed by atoms with Crippen molar-refractivity contribution in [2.24, 2.45) is 4.99 Å². The molecule has 0 bridgehead atoms. The number of hydrogen-bond donors (Lipinski definition) is 0. The van der Waals surface area contributed by atoms with Crippen LogP contribution in [0.1, 0.15) is 11.1 Å². The molecule has 0 unspecified atom stereocenters. The fourth-order valence-electron chi connectivity index (χ4n) is 2.89. The van der Waals surface area contributed by atoms with Gasteiger partial charge in [0.1, 0.15) is 23.9 Å². The summed E-state index contributed by atoms with van der Waals surface area (Å²) in [7, 11) is 1.58. The monoisotopic (exact) mass is 399 g/mol. The van der Waals surface area contributed by atoms with Gasteiger partial charge in [-0.25, -0.2) is 9.79 Å². The van der Waals surface area contributed by atoms with Crippen LogP contribution in [0.2, 0.25) is 0 Å². The number of esters is 1. The minimum Gasteiger partial charge on any atom is -0.497 e. The van der Waals surface area contributed by atoms with E-state index >= 15 is 0 Å². The fraction of sp³-hybridized carbons (Fsp3) is 0.143. The maximum absolute atomic E-state index is 12.4. The molecular weight excluding hydrogens is 384 g/mol. The van der Waals surface area contributed by atoms with Gasteiger partial charge in [-0.15, -0.1) is 0 Å². The van der Waals surface area contributed by atoms with E-state index in [-0.39, 0.29) is 24.0 Å². The number of fused-ring (bicyclic) bond motifs is 1. The number of carbonyl (C=O) groups excluding carboxylic acids is 1. The van der Waals surface area contributed by atoms with Crippen molar-refractivity contribution < 1.29 is 32.5 Å². The number of alkyl halides is 2. The van der Waals surface area contributed by atoms with Gasteiger partial charge in [0.05, 0.1) is 7.11 Å². The summed E-state index contributed by atoms with van der Waals surface area (Å²) < 4.78 is 45.2. The van der Waals surface area contributed by atoms with E-state index in [0.717, 1.165) is 11.1 Å². The van der Waals surface area contributed by atoms with Crippen LogP contribution < -0.4 is 14.2 Å². The fourth-order valence-corrected chi connectivity index (χ4v) is 2.89. The minimum absolute atomic E-state index is 0.0171. The average molecular weight is 399 g/mol. The zero-order chi connectivity index (χ0) is 20.4. The molecule has 0 radical (unpaired) electrons.